The lowest BCUT2D eigenvalue weighted by atomic mass is 9.89. The summed E-state index contributed by atoms with van der Waals surface area (Å²) in [7, 11) is 0. The van der Waals surface area contributed by atoms with Crippen LogP contribution in [0.1, 0.15) is 32.6 Å². The number of hydrogen-bond acceptors (Lipinski definition) is 2. The number of carbonyl (C=O) groups is 1. The number of carbonyl (C=O) groups excluding carboxylic acids is 1. The van der Waals surface area contributed by atoms with E-state index in [0.29, 0.717) is 12.3 Å². The molecule has 0 bridgehead atoms. The molecule has 1 amide bonds. The molecular formula is C8H14N2O. The van der Waals surface area contributed by atoms with Crippen LogP contribution < -0.4 is 5.43 Å². The van der Waals surface area contributed by atoms with Crippen molar-refractivity contribution < 1.29 is 4.79 Å². The van der Waals surface area contributed by atoms with Crippen molar-refractivity contribution in [3.05, 3.63) is 0 Å². The SMILES string of the molecule is CC1CCCC/C1=N\NC=O. The smallest absolute Gasteiger partial charge is 0.227 e. The van der Waals surface area contributed by atoms with Gasteiger partial charge in [-0.25, -0.2) is 5.43 Å². The normalized spacial score (nSPS) is 28.5. The summed E-state index contributed by atoms with van der Waals surface area (Å²) in [4.78, 5) is 9.94. The summed E-state index contributed by atoms with van der Waals surface area (Å²) in [6.45, 7) is 2.16. The van der Waals surface area contributed by atoms with Gasteiger partial charge in [0, 0.05) is 5.71 Å². The Labute approximate surface area is 66.9 Å². The molecule has 0 saturated heterocycles. The molecule has 62 valence electrons. The number of amides is 1. The predicted octanol–water partition coefficient (Wildman–Crippen LogP) is 1.30. The molecular weight excluding hydrogens is 140 g/mol. The third kappa shape index (κ3) is 2.33. The number of rotatable bonds is 2. The molecule has 1 rings (SSSR count). The van der Waals surface area contributed by atoms with Gasteiger partial charge in [0.25, 0.3) is 0 Å². The molecule has 1 saturated carbocycles. The van der Waals surface area contributed by atoms with Gasteiger partial charge in [0.15, 0.2) is 0 Å². The van der Waals surface area contributed by atoms with Crippen LogP contribution in [0.2, 0.25) is 0 Å². The molecule has 1 fully saturated rings. The zero-order valence-electron chi connectivity index (χ0n) is 6.84. The van der Waals surface area contributed by atoms with Crippen LogP contribution in [0.5, 0.6) is 0 Å². The van der Waals surface area contributed by atoms with E-state index in [4.69, 9.17) is 0 Å². The Morgan fingerprint density at radius 3 is 3.09 bits per heavy atom. The minimum absolute atomic E-state index is 0.552. The lowest BCUT2D eigenvalue weighted by Gasteiger charge is -2.19. The maximum Gasteiger partial charge on any atom is 0.227 e. The monoisotopic (exact) mass is 154 g/mol. The highest BCUT2D eigenvalue weighted by Gasteiger charge is 2.15. The fourth-order valence-electron chi connectivity index (χ4n) is 1.45. The molecule has 1 aliphatic rings. The van der Waals surface area contributed by atoms with Crippen LogP contribution >= 0.6 is 0 Å². The molecule has 0 aromatic carbocycles. The van der Waals surface area contributed by atoms with Gasteiger partial charge in [-0.1, -0.05) is 13.3 Å². The molecule has 0 radical (unpaired) electrons. The maximum atomic E-state index is 9.94. The highest BCUT2D eigenvalue weighted by atomic mass is 16.1. The molecule has 1 atom stereocenters. The van der Waals surface area contributed by atoms with Crippen molar-refractivity contribution in [2.24, 2.45) is 11.0 Å². The Morgan fingerprint density at radius 1 is 1.64 bits per heavy atom. The Balaban J connectivity index is 2.46. The first-order chi connectivity index (χ1) is 5.34. The molecule has 0 heterocycles. The number of nitrogens with one attached hydrogen (secondary N) is 1. The minimum Gasteiger partial charge on any atom is -0.277 e. The lowest BCUT2D eigenvalue weighted by Crippen LogP contribution is -2.19. The van der Waals surface area contributed by atoms with E-state index in [0.717, 1.165) is 12.1 Å². The van der Waals surface area contributed by atoms with E-state index >= 15 is 0 Å². The second kappa shape index (κ2) is 4.11. The van der Waals surface area contributed by atoms with Gasteiger partial charge < -0.3 is 0 Å². The molecule has 1 N–H and O–H groups in total. The van der Waals surface area contributed by atoms with Crippen molar-refractivity contribution in [2.75, 3.05) is 0 Å². The zero-order chi connectivity index (χ0) is 8.10. The molecule has 11 heavy (non-hydrogen) atoms. The van der Waals surface area contributed by atoms with Crippen molar-refractivity contribution in [1.82, 2.24) is 5.43 Å². The van der Waals surface area contributed by atoms with E-state index in [1.807, 2.05) is 0 Å². The van der Waals surface area contributed by atoms with Crippen LogP contribution in [0.3, 0.4) is 0 Å². The van der Waals surface area contributed by atoms with Crippen molar-refractivity contribution in [3.63, 3.8) is 0 Å². The van der Waals surface area contributed by atoms with Crippen molar-refractivity contribution >= 4 is 12.1 Å². The maximum absolute atomic E-state index is 9.94. The standard InChI is InChI=1S/C8H14N2O/c1-7-4-2-3-5-8(7)10-9-6-11/h6-7H,2-5H2,1H3,(H,9,11)/b10-8+. The van der Waals surface area contributed by atoms with E-state index in [2.05, 4.69) is 17.5 Å². The summed E-state index contributed by atoms with van der Waals surface area (Å²) < 4.78 is 0. The number of hydrazone groups is 1. The van der Waals surface area contributed by atoms with Crippen molar-refractivity contribution in [1.29, 1.82) is 0 Å². The van der Waals surface area contributed by atoms with Gasteiger partial charge in [-0.2, -0.15) is 5.10 Å². The van der Waals surface area contributed by atoms with E-state index in [9.17, 15) is 4.79 Å². The summed E-state index contributed by atoms with van der Waals surface area (Å²) >= 11 is 0. The average molecular weight is 154 g/mol. The molecule has 0 spiro atoms. The zero-order valence-corrected chi connectivity index (χ0v) is 6.84. The number of nitrogens with zero attached hydrogens (tertiary/aromatic N) is 1. The molecule has 0 aliphatic heterocycles. The van der Waals surface area contributed by atoms with Crippen LogP contribution in [0.4, 0.5) is 0 Å². The molecule has 0 aromatic heterocycles. The summed E-state index contributed by atoms with van der Waals surface area (Å²) in [6.07, 6.45) is 5.38. The third-order valence-corrected chi connectivity index (χ3v) is 2.15. The second-order valence-corrected chi connectivity index (χ2v) is 3.00. The molecule has 3 nitrogen and oxygen atoms in total. The fourth-order valence-corrected chi connectivity index (χ4v) is 1.45. The summed E-state index contributed by atoms with van der Waals surface area (Å²) in [5, 5.41) is 3.98. The van der Waals surface area contributed by atoms with E-state index < -0.39 is 0 Å². The molecule has 1 unspecified atom stereocenters. The summed E-state index contributed by atoms with van der Waals surface area (Å²) in [6, 6.07) is 0. The Morgan fingerprint density at radius 2 is 2.45 bits per heavy atom. The first-order valence-corrected chi connectivity index (χ1v) is 4.10. The third-order valence-electron chi connectivity index (χ3n) is 2.15. The Hall–Kier alpha value is -0.860. The molecule has 3 heteroatoms. The van der Waals surface area contributed by atoms with Crippen LogP contribution in [0.25, 0.3) is 0 Å². The first-order valence-electron chi connectivity index (χ1n) is 4.10. The van der Waals surface area contributed by atoms with Gasteiger partial charge in [0.2, 0.25) is 6.41 Å². The topological polar surface area (TPSA) is 41.5 Å². The van der Waals surface area contributed by atoms with Crippen molar-refractivity contribution in [2.45, 2.75) is 32.6 Å². The van der Waals surface area contributed by atoms with Crippen LogP contribution in [0.15, 0.2) is 5.10 Å². The van der Waals surface area contributed by atoms with Crippen molar-refractivity contribution in [3.8, 4) is 0 Å². The van der Waals surface area contributed by atoms with Crippen LogP contribution in [0, 0.1) is 5.92 Å². The summed E-state index contributed by atoms with van der Waals surface area (Å²) in [5.74, 6) is 0.552. The second-order valence-electron chi connectivity index (χ2n) is 3.00. The average Bonchev–Trinajstić information content (AvgIpc) is 2.03. The highest BCUT2D eigenvalue weighted by molar-refractivity contribution is 5.87. The van der Waals surface area contributed by atoms with Crippen LogP contribution in [-0.2, 0) is 4.79 Å². The minimum atomic E-state index is 0.552. The van der Waals surface area contributed by atoms with Gasteiger partial charge in [0.05, 0.1) is 0 Å². The van der Waals surface area contributed by atoms with Gasteiger partial charge in [-0.15, -0.1) is 0 Å². The predicted molar refractivity (Wildman–Crippen MR) is 44.3 cm³/mol. The van der Waals surface area contributed by atoms with E-state index in [1.165, 1.54) is 19.3 Å². The van der Waals surface area contributed by atoms with Crippen LogP contribution in [-0.4, -0.2) is 12.1 Å². The Kier molecular flexibility index (Phi) is 3.08. The molecule has 0 aromatic rings. The van der Waals surface area contributed by atoms with Gasteiger partial charge in [-0.05, 0) is 25.2 Å². The summed E-state index contributed by atoms with van der Waals surface area (Å²) in [5.41, 5.74) is 3.50. The number of hydrogen-bond donors (Lipinski definition) is 1. The van der Waals surface area contributed by atoms with Gasteiger partial charge in [-0.3, -0.25) is 4.79 Å². The first kappa shape index (κ1) is 8.24. The molecule has 1 aliphatic carbocycles. The largest absolute Gasteiger partial charge is 0.277 e. The highest BCUT2D eigenvalue weighted by Crippen LogP contribution is 2.20. The lowest BCUT2D eigenvalue weighted by molar-refractivity contribution is -0.109. The fraction of sp³-hybridized carbons (Fsp3) is 0.750. The van der Waals surface area contributed by atoms with E-state index in [-0.39, 0.29) is 0 Å². The quantitative estimate of drug-likeness (QED) is 0.472. The Bertz CT molecular complexity index is 165. The van der Waals surface area contributed by atoms with Gasteiger partial charge >= 0.3 is 0 Å². The van der Waals surface area contributed by atoms with E-state index in [1.54, 1.807) is 0 Å². The van der Waals surface area contributed by atoms with Gasteiger partial charge in [0.1, 0.15) is 0 Å².